The number of thiazole rings is 1. The van der Waals surface area contributed by atoms with E-state index in [0.29, 0.717) is 6.54 Å². The summed E-state index contributed by atoms with van der Waals surface area (Å²) in [6.45, 7) is 2.08. The smallest absolute Gasteiger partial charge is 0.331 e. The Morgan fingerprint density at radius 3 is 2.85 bits per heavy atom. The Labute approximate surface area is 118 Å². The molecule has 1 amide bonds. The maximum Gasteiger partial charge on any atom is 0.331 e. The monoisotopic (exact) mass is 294 g/mol. The minimum atomic E-state index is -0.516. The lowest BCUT2D eigenvalue weighted by atomic mass is 10.5. The van der Waals surface area contributed by atoms with Gasteiger partial charge < -0.3 is 5.32 Å². The molecule has 0 aliphatic heterocycles. The molecule has 2 heterocycles. The molecule has 106 valence electrons. The van der Waals surface area contributed by atoms with E-state index in [0.717, 1.165) is 15.3 Å². The molecule has 0 aliphatic rings. The summed E-state index contributed by atoms with van der Waals surface area (Å²) in [4.78, 5) is 39.0. The second-order valence-corrected chi connectivity index (χ2v) is 5.23. The summed E-state index contributed by atoms with van der Waals surface area (Å²) in [7, 11) is 1.37. The van der Waals surface area contributed by atoms with Crippen LogP contribution in [-0.2, 0) is 24.9 Å². The number of amides is 1. The van der Waals surface area contributed by atoms with Gasteiger partial charge in [0, 0.05) is 30.4 Å². The van der Waals surface area contributed by atoms with Gasteiger partial charge in [0.15, 0.2) is 0 Å². The van der Waals surface area contributed by atoms with Crippen LogP contribution < -0.4 is 16.6 Å². The number of carbonyl (C=O) groups is 1. The first kappa shape index (κ1) is 14.2. The Hall–Kier alpha value is -2.22. The molecule has 0 atom stereocenters. The minimum absolute atomic E-state index is 0.128. The average molecular weight is 294 g/mol. The SMILES string of the molecule is Cc1csc(CNC(=O)Cn2ccc(=O)n(C)c2=O)n1. The van der Waals surface area contributed by atoms with E-state index in [1.807, 2.05) is 12.3 Å². The molecule has 8 heteroatoms. The molecule has 0 aromatic carbocycles. The third-order valence-corrected chi connectivity index (χ3v) is 3.64. The summed E-state index contributed by atoms with van der Waals surface area (Å²) < 4.78 is 2.14. The van der Waals surface area contributed by atoms with Gasteiger partial charge in [-0.05, 0) is 6.92 Å². The topological polar surface area (TPSA) is 86.0 Å². The highest BCUT2D eigenvalue weighted by Gasteiger charge is 2.07. The van der Waals surface area contributed by atoms with E-state index in [1.165, 1.54) is 35.2 Å². The van der Waals surface area contributed by atoms with Crippen LogP contribution in [0, 0.1) is 6.92 Å². The summed E-state index contributed by atoms with van der Waals surface area (Å²) in [6, 6.07) is 1.25. The zero-order valence-corrected chi connectivity index (χ0v) is 11.9. The van der Waals surface area contributed by atoms with Gasteiger partial charge in [-0.2, -0.15) is 0 Å². The molecule has 7 nitrogen and oxygen atoms in total. The maximum atomic E-state index is 11.8. The predicted octanol–water partition coefficient (Wildman–Crippen LogP) is -0.372. The van der Waals surface area contributed by atoms with Gasteiger partial charge in [0.2, 0.25) is 5.91 Å². The zero-order chi connectivity index (χ0) is 14.7. The van der Waals surface area contributed by atoms with Crippen LogP contribution in [0.1, 0.15) is 10.7 Å². The fraction of sp³-hybridized carbons (Fsp3) is 0.333. The normalized spacial score (nSPS) is 10.5. The van der Waals surface area contributed by atoms with Crippen molar-refractivity contribution < 1.29 is 4.79 Å². The number of rotatable bonds is 4. The summed E-state index contributed by atoms with van der Waals surface area (Å²) in [5, 5.41) is 5.39. The van der Waals surface area contributed by atoms with Gasteiger partial charge in [-0.15, -0.1) is 11.3 Å². The maximum absolute atomic E-state index is 11.8. The third kappa shape index (κ3) is 3.21. The highest BCUT2D eigenvalue weighted by atomic mass is 32.1. The lowest BCUT2D eigenvalue weighted by Crippen LogP contribution is -2.40. The highest BCUT2D eigenvalue weighted by Crippen LogP contribution is 2.07. The Kier molecular flexibility index (Phi) is 4.14. The van der Waals surface area contributed by atoms with E-state index >= 15 is 0 Å². The Bertz CT molecular complexity index is 744. The van der Waals surface area contributed by atoms with Crippen molar-refractivity contribution in [1.29, 1.82) is 0 Å². The number of nitrogens with zero attached hydrogens (tertiary/aromatic N) is 3. The van der Waals surface area contributed by atoms with Crippen LogP contribution in [0.3, 0.4) is 0 Å². The highest BCUT2D eigenvalue weighted by molar-refractivity contribution is 7.09. The van der Waals surface area contributed by atoms with E-state index in [2.05, 4.69) is 10.3 Å². The average Bonchev–Trinajstić information content (AvgIpc) is 2.83. The Balaban J connectivity index is 2.00. The number of hydrogen-bond donors (Lipinski definition) is 1. The van der Waals surface area contributed by atoms with Crippen molar-refractivity contribution in [3.63, 3.8) is 0 Å². The molecule has 0 aliphatic carbocycles. The fourth-order valence-electron chi connectivity index (χ4n) is 1.61. The van der Waals surface area contributed by atoms with Gasteiger partial charge in [0.25, 0.3) is 5.56 Å². The molecule has 2 rings (SSSR count). The first-order valence-electron chi connectivity index (χ1n) is 5.91. The number of aromatic nitrogens is 3. The van der Waals surface area contributed by atoms with E-state index in [1.54, 1.807) is 0 Å². The number of nitrogens with one attached hydrogen (secondary N) is 1. The van der Waals surface area contributed by atoms with Crippen molar-refractivity contribution in [1.82, 2.24) is 19.4 Å². The second kappa shape index (κ2) is 5.83. The van der Waals surface area contributed by atoms with Gasteiger partial charge in [0.05, 0.1) is 6.54 Å². The molecular weight excluding hydrogens is 280 g/mol. The lowest BCUT2D eigenvalue weighted by Gasteiger charge is -2.07. The van der Waals surface area contributed by atoms with E-state index in [9.17, 15) is 14.4 Å². The van der Waals surface area contributed by atoms with Crippen LogP contribution in [0.15, 0.2) is 27.2 Å². The largest absolute Gasteiger partial charge is 0.348 e. The molecule has 0 radical (unpaired) electrons. The molecule has 2 aromatic heterocycles. The van der Waals surface area contributed by atoms with Crippen LogP contribution in [-0.4, -0.2) is 20.0 Å². The van der Waals surface area contributed by atoms with Gasteiger partial charge in [-0.25, -0.2) is 9.78 Å². The molecule has 0 spiro atoms. The summed E-state index contributed by atoms with van der Waals surface area (Å²) in [5.41, 5.74) is -0.00353. The van der Waals surface area contributed by atoms with Crippen LogP contribution in [0.2, 0.25) is 0 Å². The molecule has 0 bridgehead atoms. The predicted molar refractivity (Wildman–Crippen MR) is 74.6 cm³/mol. The van der Waals surface area contributed by atoms with Crippen molar-refractivity contribution in [3.05, 3.63) is 49.2 Å². The molecule has 2 aromatic rings. The molecule has 1 N–H and O–H groups in total. The van der Waals surface area contributed by atoms with Crippen molar-refractivity contribution in [3.8, 4) is 0 Å². The first-order valence-corrected chi connectivity index (χ1v) is 6.79. The standard InChI is InChI=1S/C12H14N4O3S/c1-8-7-20-10(14-8)5-13-9(17)6-16-4-3-11(18)15(2)12(16)19/h3-4,7H,5-6H2,1-2H3,(H,13,17). The molecule has 20 heavy (non-hydrogen) atoms. The van der Waals surface area contributed by atoms with Gasteiger partial charge in [-0.1, -0.05) is 0 Å². The Morgan fingerprint density at radius 2 is 2.20 bits per heavy atom. The first-order chi connectivity index (χ1) is 9.47. The number of hydrogen-bond acceptors (Lipinski definition) is 5. The molecule has 0 saturated carbocycles. The van der Waals surface area contributed by atoms with Crippen molar-refractivity contribution in [2.24, 2.45) is 7.05 Å². The zero-order valence-electron chi connectivity index (χ0n) is 11.1. The van der Waals surface area contributed by atoms with Gasteiger partial charge in [-0.3, -0.25) is 18.7 Å². The third-order valence-electron chi connectivity index (χ3n) is 2.68. The van der Waals surface area contributed by atoms with E-state index < -0.39 is 11.2 Å². The second-order valence-electron chi connectivity index (χ2n) is 4.28. The molecular formula is C12H14N4O3S. The molecule has 0 unspecified atom stereocenters. The van der Waals surface area contributed by atoms with Gasteiger partial charge >= 0.3 is 5.69 Å². The van der Waals surface area contributed by atoms with Crippen LogP contribution in [0.4, 0.5) is 0 Å². The summed E-state index contributed by atoms with van der Waals surface area (Å²) in [5.74, 6) is -0.307. The number of carbonyl (C=O) groups excluding carboxylic acids is 1. The summed E-state index contributed by atoms with van der Waals surface area (Å²) >= 11 is 1.47. The lowest BCUT2D eigenvalue weighted by molar-refractivity contribution is -0.121. The Morgan fingerprint density at radius 1 is 1.45 bits per heavy atom. The van der Waals surface area contributed by atoms with E-state index in [4.69, 9.17) is 0 Å². The van der Waals surface area contributed by atoms with Gasteiger partial charge in [0.1, 0.15) is 11.6 Å². The van der Waals surface area contributed by atoms with Crippen molar-refractivity contribution in [2.45, 2.75) is 20.0 Å². The van der Waals surface area contributed by atoms with E-state index in [-0.39, 0.29) is 12.5 Å². The fourth-order valence-corrected chi connectivity index (χ4v) is 2.32. The quantitative estimate of drug-likeness (QED) is 0.833. The minimum Gasteiger partial charge on any atom is -0.348 e. The van der Waals surface area contributed by atoms with Crippen molar-refractivity contribution >= 4 is 17.2 Å². The van der Waals surface area contributed by atoms with Crippen LogP contribution in [0.5, 0.6) is 0 Å². The molecule has 0 saturated heterocycles. The van der Waals surface area contributed by atoms with Crippen LogP contribution in [0.25, 0.3) is 0 Å². The number of aryl methyl sites for hydroxylation is 1. The summed E-state index contributed by atoms with van der Waals surface area (Å²) in [6.07, 6.45) is 1.32. The van der Waals surface area contributed by atoms with Crippen molar-refractivity contribution in [2.75, 3.05) is 0 Å². The molecule has 0 fully saturated rings. The van der Waals surface area contributed by atoms with Crippen LogP contribution >= 0.6 is 11.3 Å².